The van der Waals surface area contributed by atoms with Crippen LogP contribution in [0.4, 0.5) is 17.6 Å². The SMILES string of the molecule is Cc1cnc2c(c1)c(C#N)c(-c1ccc(S(=O)(=O)NC(C)C(F)(F)F)cn1)n2-c1ccc(F)cn1. The summed E-state index contributed by atoms with van der Waals surface area (Å²) < 4.78 is 79.8. The molecule has 4 aromatic heterocycles. The first kappa shape index (κ1) is 24.2. The van der Waals surface area contributed by atoms with Crippen molar-refractivity contribution in [1.29, 1.82) is 5.26 Å². The second-order valence-electron chi connectivity index (χ2n) is 7.65. The van der Waals surface area contributed by atoms with E-state index in [1.807, 2.05) is 0 Å². The average Bonchev–Trinajstić information content (AvgIpc) is 3.12. The lowest BCUT2D eigenvalue weighted by atomic mass is 10.1. The van der Waals surface area contributed by atoms with Crippen molar-refractivity contribution < 1.29 is 26.0 Å². The molecule has 180 valence electrons. The van der Waals surface area contributed by atoms with Crippen LogP contribution in [0.25, 0.3) is 28.2 Å². The lowest BCUT2D eigenvalue weighted by molar-refractivity contribution is -0.147. The van der Waals surface area contributed by atoms with Crippen LogP contribution in [0.3, 0.4) is 0 Å². The van der Waals surface area contributed by atoms with Gasteiger partial charge < -0.3 is 0 Å². The van der Waals surface area contributed by atoms with Crippen molar-refractivity contribution >= 4 is 21.1 Å². The Labute approximate surface area is 196 Å². The van der Waals surface area contributed by atoms with Gasteiger partial charge in [0, 0.05) is 17.8 Å². The maximum atomic E-state index is 13.5. The van der Waals surface area contributed by atoms with E-state index in [0.717, 1.165) is 24.0 Å². The van der Waals surface area contributed by atoms with E-state index in [0.29, 0.717) is 18.0 Å². The number of hydrogen-bond acceptors (Lipinski definition) is 6. The zero-order valence-electron chi connectivity index (χ0n) is 18.2. The Morgan fingerprint density at radius 1 is 1.09 bits per heavy atom. The third-order valence-electron chi connectivity index (χ3n) is 5.11. The van der Waals surface area contributed by atoms with Crippen molar-refractivity contribution in [1.82, 2.24) is 24.2 Å². The van der Waals surface area contributed by atoms with Gasteiger partial charge in [0.1, 0.15) is 34.3 Å². The zero-order valence-corrected chi connectivity index (χ0v) is 19.0. The highest BCUT2D eigenvalue weighted by atomic mass is 32.2. The molecule has 0 aromatic carbocycles. The van der Waals surface area contributed by atoms with Crippen molar-refractivity contribution in [2.75, 3.05) is 0 Å². The number of fused-ring (bicyclic) bond motifs is 1. The molecule has 0 aliphatic carbocycles. The molecule has 0 aliphatic heterocycles. The molecule has 13 heteroatoms. The third-order valence-corrected chi connectivity index (χ3v) is 6.64. The van der Waals surface area contributed by atoms with Crippen molar-refractivity contribution in [3.8, 4) is 23.3 Å². The number of hydrogen-bond donors (Lipinski definition) is 1. The van der Waals surface area contributed by atoms with Crippen molar-refractivity contribution in [2.45, 2.75) is 31.0 Å². The summed E-state index contributed by atoms with van der Waals surface area (Å²) in [5.74, 6) is -0.354. The molecule has 0 spiro atoms. The lowest BCUT2D eigenvalue weighted by Gasteiger charge is -2.17. The second-order valence-corrected chi connectivity index (χ2v) is 9.37. The molecule has 1 atom stereocenters. The van der Waals surface area contributed by atoms with Gasteiger partial charge in [-0.05, 0) is 49.7 Å². The van der Waals surface area contributed by atoms with Crippen molar-refractivity contribution in [2.24, 2.45) is 0 Å². The number of sulfonamides is 1. The molecule has 1 unspecified atom stereocenters. The predicted molar refractivity (Wildman–Crippen MR) is 117 cm³/mol. The van der Waals surface area contributed by atoms with Gasteiger partial charge in [-0.3, -0.25) is 9.55 Å². The Kier molecular flexibility index (Phi) is 6.04. The van der Waals surface area contributed by atoms with Gasteiger partial charge in [0.25, 0.3) is 0 Å². The first-order valence-corrected chi connectivity index (χ1v) is 11.5. The predicted octanol–water partition coefficient (Wildman–Crippen LogP) is 4.03. The maximum Gasteiger partial charge on any atom is 0.404 e. The van der Waals surface area contributed by atoms with Gasteiger partial charge in [0.05, 0.1) is 23.1 Å². The summed E-state index contributed by atoms with van der Waals surface area (Å²) >= 11 is 0. The highest BCUT2D eigenvalue weighted by molar-refractivity contribution is 7.89. The summed E-state index contributed by atoms with van der Waals surface area (Å²) in [4.78, 5) is 12.1. The van der Waals surface area contributed by atoms with Crippen LogP contribution in [0, 0.1) is 24.1 Å². The van der Waals surface area contributed by atoms with E-state index in [1.54, 1.807) is 23.9 Å². The first-order valence-electron chi connectivity index (χ1n) is 10.0. The Bertz CT molecular complexity index is 1560. The van der Waals surface area contributed by atoms with Crippen LogP contribution in [-0.2, 0) is 10.0 Å². The van der Waals surface area contributed by atoms with Crippen LogP contribution in [0.5, 0.6) is 0 Å². The summed E-state index contributed by atoms with van der Waals surface area (Å²) in [7, 11) is -4.53. The fraction of sp³-hybridized carbons (Fsp3) is 0.182. The number of rotatable bonds is 5. The number of nitrogens with zero attached hydrogens (tertiary/aromatic N) is 5. The smallest absolute Gasteiger partial charge is 0.275 e. The molecule has 4 aromatic rings. The summed E-state index contributed by atoms with van der Waals surface area (Å²) in [6, 6.07) is 6.40. The fourth-order valence-electron chi connectivity index (χ4n) is 3.40. The molecule has 4 heterocycles. The highest BCUT2D eigenvalue weighted by Crippen LogP contribution is 2.34. The molecule has 1 N–H and O–H groups in total. The number of halogens is 4. The fourth-order valence-corrected chi connectivity index (χ4v) is 4.57. The molecule has 8 nitrogen and oxygen atoms in total. The maximum absolute atomic E-state index is 13.5. The second kappa shape index (κ2) is 8.71. The van der Waals surface area contributed by atoms with Gasteiger partial charge in [0.2, 0.25) is 10.0 Å². The molecule has 4 rings (SSSR count). The zero-order chi connectivity index (χ0) is 25.5. The summed E-state index contributed by atoms with van der Waals surface area (Å²) in [5.41, 5.74) is 1.60. The molecule has 0 fully saturated rings. The van der Waals surface area contributed by atoms with E-state index >= 15 is 0 Å². The van der Waals surface area contributed by atoms with E-state index in [2.05, 4.69) is 21.0 Å². The summed E-state index contributed by atoms with van der Waals surface area (Å²) in [5, 5.41) is 10.4. The normalized spacial score (nSPS) is 13.1. The lowest BCUT2D eigenvalue weighted by Crippen LogP contribution is -2.42. The molecule has 0 saturated carbocycles. The molecular formula is C22H16F4N6O2S. The quantitative estimate of drug-likeness (QED) is 0.411. The van der Waals surface area contributed by atoms with E-state index in [4.69, 9.17) is 0 Å². The van der Waals surface area contributed by atoms with Crippen molar-refractivity contribution in [3.63, 3.8) is 0 Å². The van der Waals surface area contributed by atoms with Crippen LogP contribution < -0.4 is 4.72 Å². The van der Waals surface area contributed by atoms with E-state index in [9.17, 15) is 31.2 Å². The number of pyridine rings is 3. The monoisotopic (exact) mass is 504 g/mol. The van der Waals surface area contributed by atoms with Crippen LogP contribution in [0.15, 0.2) is 53.8 Å². The molecular weight excluding hydrogens is 488 g/mol. The minimum absolute atomic E-state index is 0.131. The number of nitrogens with one attached hydrogen (secondary N) is 1. The Balaban J connectivity index is 1.88. The average molecular weight is 504 g/mol. The van der Waals surface area contributed by atoms with Gasteiger partial charge in [-0.15, -0.1) is 0 Å². The van der Waals surface area contributed by atoms with Crippen LogP contribution in [0.2, 0.25) is 0 Å². The Hall–Kier alpha value is -3.89. The van der Waals surface area contributed by atoms with Crippen molar-refractivity contribution in [3.05, 3.63) is 65.9 Å². The van der Waals surface area contributed by atoms with Crippen LogP contribution in [0.1, 0.15) is 18.1 Å². The largest absolute Gasteiger partial charge is 0.404 e. The molecule has 0 bridgehead atoms. The van der Waals surface area contributed by atoms with Gasteiger partial charge in [-0.2, -0.15) is 23.2 Å². The number of aryl methyl sites for hydroxylation is 1. The minimum atomic E-state index is -4.77. The molecule has 0 radical (unpaired) electrons. The molecule has 0 amide bonds. The van der Waals surface area contributed by atoms with E-state index in [-0.39, 0.29) is 22.8 Å². The van der Waals surface area contributed by atoms with Gasteiger partial charge in [0.15, 0.2) is 0 Å². The standard InChI is InChI=1S/C22H16F4N6O2S/c1-12-7-16-17(8-27)20(32(21(16)30-9-12)19-6-3-14(23)10-29-19)18-5-4-15(11-28-18)35(33,34)31-13(2)22(24,25)26/h3-7,9-11,13,31H,1-2H3. The topological polar surface area (TPSA) is 114 Å². The Morgan fingerprint density at radius 2 is 1.83 bits per heavy atom. The van der Waals surface area contributed by atoms with Gasteiger partial charge in [-0.25, -0.2) is 22.8 Å². The number of alkyl halides is 3. The summed E-state index contributed by atoms with van der Waals surface area (Å²) in [6.45, 7) is 2.47. The summed E-state index contributed by atoms with van der Waals surface area (Å²) in [6.07, 6.45) is -1.32. The highest BCUT2D eigenvalue weighted by Gasteiger charge is 2.39. The van der Waals surface area contributed by atoms with Gasteiger partial charge in [-0.1, -0.05) is 0 Å². The number of aromatic nitrogens is 4. The van der Waals surface area contributed by atoms with E-state index < -0.39 is 33.0 Å². The first-order chi connectivity index (χ1) is 16.4. The van der Waals surface area contributed by atoms with Crippen LogP contribution >= 0.6 is 0 Å². The third kappa shape index (κ3) is 4.58. The number of nitriles is 1. The van der Waals surface area contributed by atoms with Crippen LogP contribution in [-0.4, -0.2) is 40.2 Å². The molecule has 0 saturated heterocycles. The van der Waals surface area contributed by atoms with E-state index in [1.165, 1.54) is 22.8 Å². The Morgan fingerprint density at radius 3 is 2.40 bits per heavy atom. The molecule has 0 aliphatic rings. The van der Waals surface area contributed by atoms with Gasteiger partial charge >= 0.3 is 6.18 Å². The molecule has 35 heavy (non-hydrogen) atoms. The minimum Gasteiger partial charge on any atom is -0.275 e.